The lowest BCUT2D eigenvalue weighted by molar-refractivity contribution is -0.894. The summed E-state index contributed by atoms with van der Waals surface area (Å²) in [5, 5.41) is 6.55. The molecule has 1 fully saturated rings. The van der Waals surface area contributed by atoms with Crippen LogP contribution in [-0.2, 0) is 16.4 Å². The molecule has 0 aliphatic carbocycles. The highest BCUT2D eigenvalue weighted by Gasteiger charge is 2.24. The zero-order chi connectivity index (χ0) is 25.1. The number of hydrogen-bond donors (Lipinski definition) is 2. The fraction of sp³-hybridized carbons (Fsp3) is 0.360. The maximum absolute atomic E-state index is 12.5. The fourth-order valence-electron chi connectivity index (χ4n) is 3.93. The topological polar surface area (TPSA) is 87.2 Å². The van der Waals surface area contributed by atoms with Crippen LogP contribution in [0.4, 0.5) is 23.1 Å². The average Bonchev–Trinajstić information content (AvgIpc) is 2.84. The predicted molar refractivity (Wildman–Crippen MR) is 141 cm³/mol. The van der Waals surface area contributed by atoms with E-state index in [1.807, 2.05) is 12.1 Å². The third kappa shape index (κ3) is 6.49. The summed E-state index contributed by atoms with van der Waals surface area (Å²) < 4.78 is 26.0. The maximum atomic E-state index is 12.5. The van der Waals surface area contributed by atoms with Gasteiger partial charge in [0.25, 0.3) is 0 Å². The van der Waals surface area contributed by atoms with Crippen molar-refractivity contribution in [1.29, 1.82) is 0 Å². The smallest absolute Gasteiger partial charge is 0.229 e. The van der Waals surface area contributed by atoms with E-state index in [4.69, 9.17) is 11.6 Å². The molecule has 10 heteroatoms. The number of sulfone groups is 1. The van der Waals surface area contributed by atoms with Crippen LogP contribution in [0.2, 0.25) is 5.02 Å². The van der Waals surface area contributed by atoms with E-state index >= 15 is 0 Å². The summed E-state index contributed by atoms with van der Waals surface area (Å²) >= 11 is 6.31. The Hall–Kier alpha value is -2.72. The molecule has 0 bridgehead atoms. The molecule has 2 heterocycles. The van der Waals surface area contributed by atoms with Crippen molar-refractivity contribution in [2.45, 2.75) is 18.4 Å². The summed E-state index contributed by atoms with van der Waals surface area (Å²) in [4.78, 5) is 11.4. The largest absolute Gasteiger partial charge is 0.338 e. The summed E-state index contributed by atoms with van der Waals surface area (Å²) in [5.41, 5.74) is 2.54. The van der Waals surface area contributed by atoms with Crippen LogP contribution in [0, 0.1) is 0 Å². The lowest BCUT2D eigenvalue weighted by atomic mass is 10.1. The van der Waals surface area contributed by atoms with Crippen molar-refractivity contribution in [1.82, 2.24) is 14.9 Å². The first-order chi connectivity index (χ1) is 16.6. The number of nitrogens with zero attached hydrogens (tertiary/aromatic N) is 4. The van der Waals surface area contributed by atoms with Crippen molar-refractivity contribution in [3.63, 3.8) is 0 Å². The Kier molecular flexibility index (Phi) is 7.61. The Morgan fingerprint density at radius 1 is 1.03 bits per heavy atom. The molecule has 8 nitrogen and oxygen atoms in total. The number of anilines is 4. The van der Waals surface area contributed by atoms with Crippen LogP contribution in [0.3, 0.4) is 0 Å². The van der Waals surface area contributed by atoms with Crippen molar-refractivity contribution in [3.8, 4) is 0 Å². The van der Waals surface area contributed by atoms with E-state index in [1.54, 1.807) is 31.2 Å². The van der Waals surface area contributed by atoms with Gasteiger partial charge in [-0.1, -0.05) is 42.8 Å². The fourth-order valence-corrected chi connectivity index (χ4v) is 5.12. The van der Waals surface area contributed by atoms with Crippen molar-refractivity contribution in [2.24, 2.45) is 0 Å². The van der Waals surface area contributed by atoms with Gasteiger partial charge in [0.1, 0.15) is 5.02 Å². The van der Waals surface area contributed by atoms with Crippen LogP contribution in [0.5, 0.6) is 0 Å². The van der Waals surface area contributed by atoms with E-state index in [0.29, 0.717) is 17.5 Å². The molecule has 0 saturated carbocycles. The molecule has 0 amide bonds. The van der Waals surface area contributed by atoms with Gasteiger partial charge < -0.3 is 15.1 Å². The van der Waals surface area contributed by atoms with Crippen molar-refractivity contribution >= 4 is 44.6 Å². The van der Waals surface area contributed by atoms with E-state index < -0.39 is 9.84 Å². The highest BCUT2D eigenvalue weighted by molar-refractivity contribution is 7.91. The lowest BCUT2D eigenvalue weighted by Gasteiger charge is -2.39. The Balaban J connectivity index is 1.45. The van der Waals surface area contributed by atoms with Crippen molar-refractivity contribution in [2.75, 3.05) is 56.7 Å². The first kappa shape index (κ1) is 25.4. The number of benzene rings is 2. The van der Waals surface area contributed by atoms with E-state index in [9.17, 15) is 8.42 Å². The summed E-state index contributed by atoms with van der Waals surface area (Å²) in [5.74, 6) is 0.684. The number of aromatic nitrogens is 2. The lowest BCUT2D eigenvalue weighted by Crippen LogP contribution is -2.54. The van der Waals surface area contributed by atoms with E-state index in [0.717, 1.165) is 29.8 Å². The zero-order valence-corrected chi connectivity index (χ0v) is 21.9. The third-order valence-electron chi connectivity index (χ3n) is 6.26. The van der Waals surface area contributed by atoms with Crippen LogP contribution < -0.4 is 10.6 Å². The average molecular weight is 516 g/mol. The summed E-state index contributed by atoms with van der Waals surface area (Å²) in [6, 6.07) is 14.9. The molecule has 0 atom stereocenters. The first-order valence-corrected chi connectivity index (χ1v) is 13.7. The molecule has 1 aromatic heterocycles. The van der Waals surface area contributed by atoms with Crippen molar-refractivity contribution < 1.29 is 12.9 Å². The molecule has 1 saturated heterocycles. The molecule has 35 heavy (non-hydrogen) atoms. The number of nitrogens with one attached hydrogen (secondary N) is 2. The number of piperazine rings is 1. The summed E-state index contributed by atoms with van der Waals surface area (Å²) in [6.45, 7) is 7.08. The molecule has 2 N–H and O–H groups in total. The molecule has 3 aromatic rings. The van der Waals surface area contributed by atoms with Crippen LogP contribution in [0.1, 0.15) is 12.5 Å². The van der Waals surface area contributed by atoms with Gasteiger partial charge in [0.15, 0.2) is 15.7 Å². The number of para-hydroxylation sites is 1. The maximum Gasteiger partial charge on any atom is 0.229 e. The van der Waals surface area contributed by atoms with Crippen LogP contribution >= 0.6 is 11.6 Å². The van der Waals surface area contributed by atoms with Crippen LogP contribution in [0.25, 0.3) is 0 Å². The molecule has 4 rings (SSSR count). The second-order valence-corrected chi connectivity index (χ2v) is 12.0. The van der Waals surface area contributed by atoms with Gasteiger partial charge in [0, 0.05) is 25.3 Å². The molecular formula is C25H32ClN6O2S+. The zero-order valence-electron chi connectivity index (χ0n) is 20.3. The molecule has 0 spiro atoms. The van der Waals surface area contributed by atoms with E-state index in [2.05, 4.69) is 51.7 Å². The molecule has 2 aromatic carbocycles. The monoisotopic (exact) mass is 515 g/mol. The number of rotatable bonds is 8. The Morgan fingerprint density at radius 3 is 2.40 bits per heavy atom. The molecule has 0 radical (unpaired) electrons. The van der Waals surface area contributed by atoms with Gasteiger partial charge in [0.2, 0.25) is 5.95 Å². The minimum absolute atomic E-state index is 0.000960. The quantitative estimate of drug-likeness (QED) is 0.432. The third-order valence-corrected chi connectivity index (χ3v) is 8.32. The predicted octanol–water partition coefficient (Wildman–Crippen LogP) is 4.30. The Morgan fingerprint density at radius 2 is 1.71 bits per heavy atom. The molecule has 1 aliphatic heterocycles. The Labute approximate surface area is 212 Å². The highest BCUT2D eigenvalue weighted by Crippen LogP contribution is 2.29. The van der Waals surface area contributed by atoms with Gasteiger partial charge in [-0.25, -0.2) is 13.4 Å². The van der Waals surface area contributed by atoms with Gasteiger partial charge in [-0.2, -0.15) is 4.98 Å². The minimum Gasteiger partial charge on any atom is -0.338 e. The highest BCUT2D eigenvalue weighted by atomic mass is 35.5. The number of hydrogen-bond acceptors (Lipinski definition) is 7. The second-order valence-electron chi connectivity index (χ2n) is 9.40. The molecule has 0 unspecified atom stereocenters. The number of halogens is 1. The van der Waals surface area contributed by atoms with Gasteiger partial charge in [-0.05, 0) is 29.8 Å². The Bertz CT molecular complexity index is 1270. The molecule has 186 valence electrons. The SMILES string of the molecule is CCS(=O)(=O)c1ccccc1Nc1nc(Nc2ccc(CN3CC[N+](C)(C)CC3)cc2)ncc1Cl. The minimum atomic E-state index is -3.41. The molecule has 1 aliphatic rings. The normalized spacial score (nSPS) is 16.1. The number of quaternary nitrogens is 1. The summed E-state index contributed by atoms with van der Waals surface area (Å²) in [7, 11) is 1.15. The van der Waals surface area contributed by atoms with Crippen LogP contribution in [0.15, 0.2) is 59.6 Å². The standard InChI is InChI=1S/C25H32ClN6O2S/c1-4-35(33,34)23-8-6-5-7-22(23)29-24-21(26)17-27-25(30-24)28-20-11-9-19(10-12-20)18-31-13-15-32(2,3)16-14-31/h5-12,17H,4,13-16,18H2,1-3H3,(H2,27,28,29,30)/q+1. The first-order valence-electron chi connectivity index (χ1n) is 11.7. The number of likely N-dealkylation sites (N-methyl/N-ethyl adjacent to an activating group) is 1. The molecular weight excluding hydrogens is 484 g/mol. The van der Waals surface area contributed by atoms with E-state index in [-0.39, 0.29) is 15.7 Å². The van der Waals surface area contributed by atoms with Gasteiger partial charge in [0.05, 0.1) is 49.7 Å². The van der Waals surface area contributed by atoms with Crippen molar-refractivity contribution in [3.05, 3.63) is 65.3 Å². The van der Waals surface area contributed by atoms with Gasteiger partial charge in [-0.15, -0.1) is 0 Å². The van der Waals surface area contributed by atoms with Gasteiger partial charge in [-0.3, -0.25) is 4.90 Å². The van der Waals surface area contributed by atoms with Gasteiger partial charge >= 0.3 is 0 Å². The second kappa shape index (κ2) is 10.5. The van der Waals surface area contributed by atoms with E-state index in [1.165, 1.54) is 24.8 Å². The summed E-state index contributed by atoms with van der Waals surface area (Å²) in [6.07, 6.45) is 1.49. The van der Waals surface area contributed by atoms with Crippen LogP contribution in [-0.4, -0.2) is 73.8 Å².